The second-order valence-electron chi connectivity index (χ2n) is 5.43. The molecule has 1 aromatic heterocycles. The molecule has 0 aliphatic heterocycles. The number of rotatable bonds is 4. The molecule has 1 N–H and O–H groups in total. The van der Waals surface area contributed by atoms with E-state index in [4.69, 9.17) is 11.6 Å². The van der Waals surface area contributed by atoms with E-state index in [0.29, 0.717) is 21.1 Å². The minimum atomic E-state index is -4.43. The molecule has 3 rings (SSSR count). The number of carbonyl (C=O) groups is 1. The molecule has 0 aliphatic carbocycles. The van der Waals surface area contributed by atoms with Crippen molar-refractivity contribution in [2.45, 2.75) is 12.6 Å². The summed E-state index contributed by atoms with van der Waals surface area (Å²) < 4.78 is 38.5. The van der Waals surface area contributed by atoms with Gasteiger partial charge >= 0.3 is 6.18 Å². The summed E-state index contributed by atoms with van der Waals surface area (Å²) >= 11 is 7.20. The first kappa shape index (κ1) is 18.4. The van der Waals surface area contributed by atoms with Crippen LogP contribution in [0.5, 0.6) is 0 Å². The van der Waals surface area contributed by atoms with E-state index in [9.17, 15) is 18.0 Å². The zero-order chi connectivity index (χ0) is 18.7. The number of amides is 1. The number of hydrogen-bond acceptors (Lipinski definition) is 3. The van der Waals surface area contributed by atoms with Gasteiger partial charge < -0.3 is 0 Å². The SMILES string of the molecule is O=C(Nc1ncc(Cc2cc(C(F)(F)F)ccc2Cl)s1)c1ccccc1. The monoisotopic (exact) mass is 396 g/mol. The standard InChI is InChI=1S/C18H12ClF3N2OS/c19-15-7-6-13(18(20,21)22)8-12(15)9-14-10-23-17(26-14)24-16(25)11-4-2-1-3-5-11/h1-8,10H,9H2,(H,23,24,25). The molecule has 134 valence electrons. The molecular formula is C18H12ClF3N2OS. The fourth-order valence-electron chi connectivity index (χ4n) is 2.28. The molecule has 8 heteroatoms. The van der Waals surface area contributed by atoms with Crippen molar-refractivity contribution in [2.24, 2.45) is 0 Å². The van der Waals surface area contributed by atoms with E-state index in [1.807, 2.05) is 0 Å². The predicted molar refractivity (Wildman–Crippen MR) is 95.8 cm³/mol. The molecule has 1 amide bonds. The van der Waals surface area contributed by atoms with Crippen molar-refractivity contribution >= 4 is 34.0 Å². The Morgan fingerprint density at radius 2 is 1.88 bits per heavy atom. The lowest BCUT2D eigenvalue weighted by Crippen LogP contribution is -2.11. The normalized spacial score (nSPS) is 11.4. The number of nitrogens with zero attached hydrogens (tertiary/aromatic N) is 1. The number of aromatic nitrogens is 1. The Morgan fingerprint density at radius 1 is 1.15 bits per heavy atom. The van der Waals surface area contributed by atoms with E-state index < -0.39 is 11.7 Å². The lowest BCUT2D eigenvalue weighted by Gasteiger charge is -2.09. The quantitative estimate of drug-likeness (QED) is 0.618. The summed E-state index contributed by atoms with van der Waals surface area (Å²) in [5.74, 6) is -0.302. The summed E-state index contributed by atoms with van der Waals surface area (Å²) in [7, 11) is 0. The lowest BCUT2D eigenvalue weighted by molar-refractivity contribution is -0.137. The maximum atomic E-state index is 12.8. The summed E-state index contributed by atoms with van der Waals surface area (Å²) in [6.45, 7) is 0. The first-order valence-corrected chi connectivity index (χ1v) is 8.69. The second-order valence-corrected chi connectivity index (χ2v) is 6.96. The highest BCUT2D eigenvalue weighted by molar-refractivity contribution is 7.15. The molecular weight excluding hydrogens is 385 g/mol. The van der Waals surface area contributed by atoms with Crippen molar-refractivity contribution < 1.29 is 18.0 Å². The van der Waals surface area contributed by atoms with Crippen LogP contribution in [0.4, 0.5) is 18.3 Å². The van der Waals surface area contributed by atoms with E-state index >= 15 is 0 Å². The van der Waals surface area contributed by atoms with E-state index in [1.165, 1.54) is 23.6 Å². The molecule has 0 radical (unpaired) electrons. The van der Waals surface area contributed by atoms with Gasteiger partial charge in [-0.1, -0.05) is 29.8 Å². The molecule has 0 atom stereocenters. The van der Waals surface area contributed by atoms with Crippen LogP contribution in [0.25, 0.3) is 0 Å². The van der Waals surface area contributed by atoms with Gasteiger partial charge in [-0.25, -0.2) is 4.98 Å². The topological polar surface area (TPSA) is 42.0 Å². The van der Waals surface area contributed by atoms with E-state index in [2.05, 4.69) is 10.3 Å². The Hall–Kier alpha value is -2.38. The van der Waals surface area contributed by atoms with Crippen LogP contribution in [0.1, 0.15) is 26.4 Å². The third-order valence-corrected chi connectivity index (χ3v) is 4.83. The maximum Gasteiger partial charge on any atom is 0.416 e. The van der Waals surface area contributed by atoms with E-state index in [1.54, 1.807) is 30.3 Å². The van der Waals surface area contributed by atoms with Crippen molar-refractivity contribution in [3.05, 3.63) is 81.3 Å². The highest BCUT2D eigenvalue weighted by Crippen LogP contribution is 2.33. The fraction of sp³-hybridized carbons (Fsp3) is 0.111. The molecule has 0 spiro atoms. The summed E-state index contributed by atoms with van der Waals surface area (Å²) in [6, 6.07) is 11.9. The number of carbonyl (C=O) groups excluding carboxylic acids is 1. The average Bonchev–Trinajstić information content (AvgIpc) is 3.03. The van der Waals surface area contributed by atoms with Crippen molar-refractivity contribution in [1.29, 1.82) is 0 Å². The minimum Gasteiger partial charge on any atom is -0.298 e. The maximum absolute atomic E-state index is 12.8. The van der Waals surface area contributed by atoms with Gasteiger partial charge in [-0.15, -0.1) is 11.3 Å². The molecule has 3 nitrogen and oxygen atoms in total. The van der Waals surface area contributed by atoms with Gasteiger partial charge in [0.2, 0.25) is 0 Å². The largest absolute Gasteiger partial charge is 0.416 e. The first-order valence-electron chi connectivity index (χ1n) is 7.49. The Morgan fingerprint density at radius 3 is 2.58 bits per heavy atom. The van der Waals surface area contributed by atoms with Crippen molar-refractivity contribution in [2.75, 3.05) is 5.32 Å². The van der Waals surface area contributed by atoms with Crippen LogP contribution in [0, 0.1) is 0 Å². The zero-order valence-electron chi connectivity index (χ0n) is 13.2. The molecule has 0 saturated carbocycles. The molecule has 1 heterocycles. The Balaban J connectivity index is 1.74. The zero-order valence-corrected chi connectivity index (χ0v) is 14.8. The molecule has 3 aromatic rings. The van der Waals surface area contributed by atoms with Crippen molar-refractivity contribution in [3.63, 3.8) is 0 Å². The van der Waals surface area contributed by atoms with E-state index in [0.717, 1.165) is 12.1 Å². The number of anilines is 1. The first-order chi connectivity index (χ1) is 12.3. The fourth-order valence-corrected chi connectivity index (χ4v) is 3.30. The molecule has 2 aromatic carbocycles. The minimum absolute atomic E-state index is 0.196. The van der Waals surface area contributed by atoms with Crippen LogP contribution in [0.15, 0.2) is 54.7 Å². The van der Waals surface area contributed by atoms with Gasteiger partial charge in [-0.2, -0.15) is 13.2 Å². The second kappa shape index (κ2) is 7.47. The number of hydrogen-bond donors (Lipinski definition) is 1. The molecule has 26 heavy (non-hydrogen) atoms. The van der Waals surface area contributed by atoms with Gasteiger partial charge in [-0.3, -0.25) is 10.1 Å². The van der Waals surface area contributed by atoms with Crippen molar-refractivity contribution in [3.8, 4) is 0 Å². The number of benzene rings is 2. The summed E-state index contributed by atoms with van der Waals surface area (Å²) in [4.78, 5) is 16.9. The van der Waals surface area contributed by atoms with Crippen LogP contribution in [-0.2, 0) is 12.6 Å². The smallest absolute Gasteiger partial charge is 0.298 e. The lowest BCUT2D eigenvalue weighted by atomic mass is 10.1. The molecule has 0 fully saturated rings. The van der Waals surface area contributed by atoms with Gasteiger partial charge in [0, 0.05) is 28.1 Å². The van der Waals surface area contributed by atoms with Crippen LogP contribution >= 0.6 is 22.9 Å². The Kier molecular flexibility index (Phi) is 5.29. The van der Waals surface area contributed by atoms with Crippen molar-refractivity contribution in [1.82, 2.24) is 4.98 Å². The van der Waals surface area contributed by atoms with Gasteiger partial charge in [-0.05, 0) is 35.9 Å². The summed E-state index contributed by atoms with van der Waals surface area (Å²) in [5.41, 5.74) is 0.0928. The van der Waals surface area contributed by atoms with E-state index in [-0.39, 0.29) is 17.4 Å². The molecule has 0 aliphatic rings. The summed E-state index contributed by atoms with van der Waals surface area (Å²) in [5, 5.41) is 3.29. The molecule has 0 saturated heterocycles. The summed E-state index contributed by atoms with van der Waals surface area (Å²) in [6.07, 6.45) is -2.72. The van der Waals surface area contributed by atoms with Gasteiger partial charge in [0.1, 0.15) is 0 Å². The van der Waals surface area contributed by atoms with Crippen LogP contribution in [0.2, 0.25) is 5.02 Å². The molecule has 0 unspecified atom stereocenters. The number of alkyl halides is 3. The predicted octanol–water partition coefficient (Wildman–Crippen LogP) is 5.66. The number of thiazole rings is 1. The number of nitrogens with one attached hydrogen (secondary N) is 1. The number of halogens is 4. The third-order valence-electron chi connectivity index (χ3n) is 3.55. The van der Waals surface area contributed by atoms with Gasteiger partial charge in [0.15, 0.2) is 5.13 Å². The van der Waals surface area contributed by atoms with Gasteiger partial charge in [0.05, 0.1) is 5.56 Å². The Labute approximate surface area is 156 Å². The Bertz CT molecular complexity index is 926. The highest BCUT2D eigenvalue weighted by atomic mass is 35.5. The highest BCUT2D eigenvalue weighted by Gasteiger charge is 2.30. The molecule has 0 bridgehead atoms. The van der Waals surface area contributed by atoms with Gasteiger partial charge in [0.25, 0.3) is 5.91 Å². The van der Waals surface area contributed by atoms with Crippen LogP contribution < -0.4 is 5.32 Å². The van der Waals surface area contributed by atoms with Crippen LogP contribution in [-0.4, -0.2) is 10.9 Å². The third kappa shape index (κ3) is 4.42. The van der Waals surface area contributed by atoms with Crippen LogP contribution in [0.3, 0.4) is 0 Å². The average molecular weight is 397 g/mol.